The van der Waals surface area contributed by atoms with Gasteiger partial charge in [-0.15, -0.1) is 0 Å². The molecule has 0 aromatic carbocycles. The topological polar surface area (TPSA) is 123 Å². The van der Waals surface area contributed by atoms with E-state index in [1.807, 2.05) is 6.92 Å². The average Bonchev–Trinajstić information content (AvgIpc) is 2.84. The minimum absolute atomic E-state index is 0.0199. The van der Waals surface area contributed by atoms with E-state index in [-0.39, 0.29) is 23.1 Å². The fraction of sp³-hybridized carbons (Fsp3) is 0.250. The van der Waals surface area contributed by atoms with Crippen molar-refractivity contribution in [2.75, 3.05) is 17.2 Å². The molecule has 1 amide bonds. The molecule has 0 atom stereocenters. The van der Waals surface area contributed by atoms with Crippen LogP contribution in [0.1, 0.15) is 23.0 Å². The molecule has 2 aromatic rings. The van der Waals surface area contributed by atoms with Crippen LogP contribution in [0.4, 0.5) is 17.5 Å². The van der Waals surface area contributed by atoms with Crippen molar-refractivity contribution in [2.24, 2.45) is 0 Å². The van der Waals surface area contributed by atoms with Gasteiger partial charge in [0, 0.05) is 12.6 Å². The van der Waals surface area contributed by atoms with Crippen molar-refractivity contribution >= 4 is 23.4 Å². The summed E-state index contributed by atoms with van der Waals surface area (Å²) in [5.41, 5.74) is 0.377. The minimum Gasteiger partial charge on any atom is -0.432 e. The van der Waals surface area contributed by atoms with E-state index < -0.39 is 10.8 Å². The van der Waals surface area contributed by atoms with Gasteiger partial charge in [-0.25, -0.2) is 4.98 Å². The molecule has 0 radical (unpaired) electrons. The van der Waals surface area contributed by atoms with Gasteiger partial charge in [0.25, 0.3) is 11.6 Å². The summed E-state index contributed by atoms with van der Waals surface area (Å²) in [7, 11) is 0. The summed E-state index contributed by atoms with van der Waals surface area (Å²) in [6.45, 7) is 4.05. The van der Waals surface area contributed by atoms with Crippen LogP contribution in [0.15, 0.2) is 22.9 Å². The maximum atomic E-state index is 12.2. The van der Waals surface area contributed by atoms with Crippen molar-refractivity contribution < 1.29 is 14.1 Å². The Morgan fingerprint density at radius 1 is 1.52 bits per heavy atom. The molecule has 0 aliphatic heterocycles. The molecule has 0 saturated carbocycles. The lowest BCUT2D eigenvalue weighted by Gasteiger charge is -2.08. The summed E-state index contributed by atoms with van der Waals surface area (Å²) in [6.07, 6.45) is 2.47. The molecule has 2 N–H and O–H groups in total. The number of oxazole rings is 1. The Morgan fingerprint density at radius 2 is 2.29 bits per heavy atom. The molecule has 9 nitrogen and oxygen atoms in total. The molecular formula is C12H13N5O4. The van der Waals surface area contributed by atoms with Gasteiger partial charge in [0.1, 0.15) is 18.3 Å². The molecule has 0 spiro atoms. The standard InChI is InChI=1S/C12H13N5O4/c1-3-13-10-9(4-8(5-14-10)17(19)20)11(18)16-12-15-7(2)6-21-12/h4-6H,3H2,1-2H3,(H,13,14)(H,15,16,18). The minimum atomic E-state index is -0.616. The first-order valence-electron chi connectivity index (χ1n) is 6.13. The van der Waals surface area contributed by atoms with E-state index in [9.17, 15) is 14.9 Å². The lowest BCUT2D eigenvalue weighted by molar-refractivity contribution is -0.385. The molecule has 110 valence electrons. The molecule has 0 aliphatic rings. The first-order chi connectivity index (χ1) is 10.0. The van der Waals surface area contributed by atoms with Gasteiger partial charge in [-0.2, -0.15) is 4.98 Å². The zero-order valence-corrected chi connectivity index (χ0v) is 11.4. The highest BCUT2D eigenvalue weighted by Crippen LogP contribution is 2.20. The molecule has 2 rings (SSSR count). The van der Waals surface area contributed by atoms with Gasteiger partial charge in [0.2, 0.25) is 0 Å². The quantitative estimate of drug-likeness (QED) is 0.637. The van der Waals surface area contributed by atoms with Crippen LogP contribution in [0.25, 0.3) is 0 Å². The molecule has 0 bridgehead atoms. The Hall–Kier alpha value is -2.97. The van der Waals surface area contributed by atoms with Crippen molar-refractivity contribution in [3.8, 4) is 0 Å². The Balaban J connectivity index is 2.32. The third-order valence-electron chi connectivity index (χ3n) is 2.51. The van der Waals surface area contributed by atoms with Crippen molar-refractivity contribution in [3.05, 3.63) is 39.9 Å². The van der Waals surface area contributed by atoms with Gasteiger partial charge in [0.15, 0.2) is 0 Å². The summed E-state index contributed by atoms with van der Waals surface area (Å²) in [5.74, 6) is -0.340. The number of carbonyl (C=O) groups is 1. The zero-order valence-electron chi connectivity index (χ0n) is 11.4. The van der Waals surface area contributed by atoms with Crippen LogP contribution in [0.5, 0.6) is 0 Å². The van der Waals surface area contributed by atoms with Gasteiger partial charge < -0.3 is 9.73 Å². The van der Waals surface area contributed by atoms with Gasteiger partial charge in [-0.3, -0.25) is 20.2 Å². The van der Waals surface area contributed by atoms with Crippen molar-refractivity contribution in [3.63, 3.8) is 0 Å². The molecule has 0 aliphatic carbocycles. The van der Waals surface area contributed by atoms with Crippen LogP contribution in [-0.4, -0.2) is 27.3 Å². The smallest absolute Gasteiger partial charge is 0.301 e. The molecule has 2 aromatic heterocycles. The molecule has 0 fully saturated rings. The number of hydrogen-bond donors (Lipinski definition) is 2. The molecule has 0 saturated heterocycles. The van der Waals surface area contributed by atoms with E-state index in [2.05, 4.69) is 20.6 Å². The molecule has 21 heavy (non-hydrogen) atoms. The summed E-state index contributed by atoms with van der Waals surface area (Å²) >= 11 is 0. The number of carbonyl (C=O) groups excluding carboxylic acids is 1. The second-order valence-electron chi connectivity index (χ2n) is 4.13. The average molecular weight is 291 g/mol. The van der Waals surface area contributed by atoms with E-state index in [4.69, 9.17) is 4.42 Å². The predicted molar refractivity (Wildman–Crippen MR) is 74.2 cm³/mol. The number of aromatic nitrogens is 2. The first-order valence-corrected chi connectivity index (χ1v) is 6.13. The van der Waals surface area contributed by atoms with Gasteiger partial charge in [-0.1, -0.05) is 0 Å². The number of nitro groups is 1. The Bertz CT molecular complexity index is 682. The lowest BCUT2D eigenvalue weighted by atomic mass is 10.2. The predicted octanol–water partition coefficient (Wildman–Crippen LogP) is 1.97. The van der Waals surface area contributed by atoms with Crippen molar-refractivity contribution in [1.29, 1.82) is 0 Å². The SMILES string of the molecule is CCNc1ncc([N+](=O)[O-])cc1C(=O)Nc1nc(C)co1. The number of nitrogens with zero attached hydrogens (tertiary/aromatic N) is 3. The largest absolute Gasteiger partial charge is 0.432 e. The fourth-order valence-electron chi connectivity index (χ4n) is 1.61. The monoisotopic (exact) mass is 291 g/mol. The highest BCUT2D eigenvalue weighted by Gasteiger charge is 2.19. The number of rotatable bonds is 5. The van der Waals surface area contributed by atoms with E-state index in [0.29, 0.717) is 12.2 Å². The molecule has 2 heterocycles. The highest BCUT2D eigenvalue weighted by molar-refractivity contribution is 6.06. The third-order valence-corrected chi connectivity index (χ3v) is 2.51. The zero-order chi connectivity index (χ0) is 15.4. The number of hydrogen-bond acceptors (Lipinski definition) is 7. The second kappa shape index (κ2) is 5.99. The number of aryl methyl sites for hydroxylation is 1. The van der Waals surface area contributed by atoms with Crippen LogP contribution >= 0.6 is 0 Å². The van der Waals surface area contributed by atoms with E-state index in [0.717, 1.165) is 12.3 Å². The van der Waals surface area contributed by atoms with Gasteiger partial charge >= 0.3 is 6.01 Å². The maximum absolute atomic E-state index is 12.2. The second-order valence-corrected chi connectivity index (χ2v) is 4.13. The van der Waals surface area contributed by atoms with Gasteiger partial charge in [-0.05, 0) is 13.8 Å². The summed E-state index contributed by atoms with van der Waals surface area (Å²) in [4.78, 5) is 30.2. The number of pyridine rings is 1. The Kier molecular flexibility index (Phi) is 4.12. The molecule has 0 unspecified atom stereocenters. The Morgan fingerprint density at radius 3 is 2.86 bits per heavy atom. The van der Waals surface area contributed by atoms with Crippen LogP contribution < -0.4 is 10.6 Å². The summed E-state index contributed by atoms with van der Waals surface area (Å²) in [6, 6.07) is 1.17. The van der Waals surface area contributed by atoms with E-state index in [1.165, 1.54) is 6.26 Å². The summed E-state index contributed by atoms with van der Waals surface area (Å²) in [5, 5.41) is 16.1. The number of nitrogens with one attached hydrogen (secondary N) is 2. The van der Waals surface area contributed by atoms with Crippen LogP contribution in [0.2, 0.25) is 0 Å². The third kappa shape index (κ3) is 3.32. The van der Waals surface area contributed by atoms with E-state index in [1.54, 1.807) is 6.92 Å². The van der Waals surface area contributed by atoms with Crippen LogP contribution in [-0.2, 0) is 0 Å². The van der Waals surface area contributed by atoms with E-state index >= 15 is 0 Å². The van der Waals surface area contributed by atoms with Gasteiger partial charge in [0.05, 0.1) is 16.2 Å². The summed E-state index contributed by atoms with van der Waals surface area (Å²) < 4.78 is 5.02. The van der Waals surface area contributed by atoms with Crippen LogP contribution in [0, 0.1) is 17.0 Å². The lowest BCUT2D eigenvalue weighted by Crippen LogP contribution is -2.16. The molecular weight excluding hydrogens is 278 g/mol. The normalized spacial score (nSPS) is 10.2. The fourth-order valence-corrected chi connectivity index (χ4v) is 1.61. The van der Waals surface area contributed by atoms with Crippen molar-refractivity contribution in [1.82, 2.24) is 9.97 Å². The number of amides is 1. The van der Waals surface area contributed by atoms with Crippen molar-refractivity contribution in [2.45, 2.75) is 13.8 Å². The molecule has 9 heteroatoms. The van der Waals surface area contributed by atoms with Crippen LogP contribution in [0.3, 0.4) is 0 Å². The highest BCUT2D eigenvalue weighted by atomic mass is 16.6. The Labute approximate surface area is 119 Å². The number of anilines is 2. The first kappa shape index (κ1) is 14.4. The maximum Gasteiger partial charge on any atom is 0.301 e.